The lowest BCUT2D eigenvalue weighted by Gasteiger charge is -2.47. The fourth-order valence-corrected chi connectivity index (χ4v) is 4.21. The third-order valence-corrected chi connectivity index (χ3v) is 5.99. The number of Topliss-reactive ketones (excluding diaryl/α,β-unsaturated/α-hetero) is 1. The Labute approximate surface area is 166 Å². The summed E-state index contributed by atoms with van der Waals surface area (Å²) in [6, 6.07) is 9.64. The average molecular weight is 380 g/mol. The molecule has 5 heteroatoms. The summed E-state index contributed by atoms with van der Waals surface area (Å²) < 4.78 is 11.6. The van der Waals surface area contributed by atoms with Crippen LogP contribution in [0, 0.1) is 0 Å². The van der Waals surface area contributed by atoms with Crippen molar-refractivity contribution < 1.29 is 14.3 Å². The quantitative estimate of drug-likeness (QED) is 0.775. The SMILES string of the molecule is COc1ccc(-c2ccc3c(c2)C(=O)CC2(CCN(C(C)(C)C)CC2)O3)cn1. The van der Waals surface area contributed by atoms with E-state index in [1.165, 1.54) is 0 Å². The number of ether oxygens (including phenoxy) is 2. The molecule has 148 valence electrons. The second kappa shape index (κ2) is 6.89. The smallest absolute Gasteiger partial charge is 0.212 e. The molecule has 2 aliphatic rings. The maximum Gasteiger partial charge on any atom is 0.212 e. The van der Waals surface area contributed by atoms with Gasteiger partial charge in [-0.05, 0) is 44.5 Å². The lowest BCUT2D eigenvalue weighted by atomic mass is 9.81. The molecule has 28 heavy (non-hydrogen) atoms. The number of aromatic nitrogens is 1. The number of benzene rings is 1. The molecule has 1 aromatic heterocycles. The van der Waals surface area contributed by atoms with E-state index in [4.69, 9.17) is 9.47 Å². The van der Waals surface area contributed by atoms with E-state index in [2.05, 4.69) is 30.7 Å². The maximum absolute atomic E-state index is 13.0. The number of likely N-dealkylation sites (tertiary alicyclic amines) is 1. The number of nitrogens with zero attached hydrogens (tertiary/aromatic N) is 2. The first-order valence-electron chi connectivity index (χ1n) is 9.91. The van der Waals surface area contributed by atoms with Gasteiger partial charge in [-0.1, -0.05) is 6.07 Å². The van der Waals surface area contributed by atoms with E-state index < -0.39 is 0 Å². The van der Waals surface area contributed by atoms with Gasteiger partial charge in [-0.2, -0.15) is 0 Å². The van der Waals surface area contributed by atoms with Crippen LogP contribution in [-0.4, -0.2) is 47.0 Å². The van der Waals surface area contributed by atoms with Gasteiger partial charge in [-0.15, -0.1) is 0 Å². The molecule has 0 atom stereocenters. The molecule has 0 unspecified atom stereocenters. The minimum absolute atomic E-state index is 0.152. The molecule has 0 N–H and O–H groups in total. The number of piperidine rings is 1. The minimum Gasteiger partial charge on any atom is -0.486 e. The highest BCUT2D eigenvalue weighted by molar-refractivity contribution is 6.01. The molecule has 0 amide bonds. The van der Waals surface area contributed by atoms with Crippen molar-refractivity contribution in [2.75, 3.05) is 20.2 Å². The Hall–Kier alpha value is -2.40. The van der Waals surface area contributed by atoms with Gasteiger partial charge in [0, 0.05) is 49.3 Å². The molecule has 0 aliphatic carbocycles. The number of hydrogen-bond acceptors (Lipinski definition) is 5. The third kappa shape index (κ3) is 3.51. The molecule has 2 aromatic rings. The monoisotopic (exact) mass is 380 g/mol. The highest BCUT2D eigenvalue weighted by Gasteiger charge is 2.44. The van der Waals surface area contributed by atoms with Crippen molar-refractivity contribution in [3.05, 3.63) is 42.1 Å². The van der Waals surface area contributed by atoms with Crippen LogP contribution in [0.2, 0.25) is 0 Å². The molecular formula is C23H28N2O3. The van der Waals surface area contributed by atoms with Crippen LogP contribution in [0.1, 0.15) is 50.4 Å². The van der Waals surface area contributed by atoms with Gasteiger partial charge in [0.1, 0.15) is 11.4 Å². The van der Waals surface area contributed by atoms with Crippen LogP contribution < -0.4 is 9.47 Å². The Morgan fingerprint density at radius 1 is 1.11 bits per heavy atom. The Kier molecular flexibility index (Phi) is 4.66. The van der Waals surface area contributed by atoms with Crippen LogP contribution in [0.3, 0.4) is 0 Å². The highest BCUT2D eigenvalue weighted by atomic mass is 16.5. The molecule has 1 aromatic carbocycles. The van der Waals surface area contributed by atoms with Gasteiger partial charge in [0.25, 0.3) is 0 Å². The standard InChI is InChI=1S/C23H28N2O3/c1-22(2,3)25-11-9-23(10-12-25)14-19(26)18-13-16(5-7-20(18)28-23)17-6-8-21(27-4)24-15-17/h5-8,13,15H,9-12,14H2,1-4H3. The summed E-state index contributed by atoms with van der Waals surface area (Å²) in [5, 5.41) is 0. The van der Waals surface area contributed by atoms with E-state index in [1.54, 1.807) is 13.3 Å². The fraction of sp³-hybridized carbons (Fsp3) is 0.478. The van der Waals surface area contributed by atoms with E-state index in [9.17, 15) is 4.79 Å². The van der Waals surface area contributed by atoms with Crippen molar-refractivity contribution in [2.24, 2.45) is 0 Å². The molecule has 3 heterocycles. The number of ketones is 1. The summed E-state index contributed by atoms with van der Waals surface area (Å²) in [6.45, 7) is 8.64. The zero-order chi connectivity index (χ0) is 19.9. The van der Waals surface area contributed by atoms with Crippen molar-refractivity contribution in [3.63, 3.8) is 0 Å². The second-order valence-corrected chi connectivity index (χ2v) is 8.84. The summed E-state index contributed by atoms with van der Waals surface area (Å²) in [6.07, 6.45) is 4.00. The summed E-state index contributed by atoms with van der Waals surface area (Å²) >= 11 is 0. The highest BCUT2D eigenvalue weighted by Crippen LogP contribution is 2.41. The van der Waals surface area contributed by atoms with Crippen LogP contribution in [0.15, 0.2) is 36.5 Å². The first-order chi connectivity index (χ1) is 13.3. The van der Waals surface area contributed by atoms with E-state index in [-0.39, 0.29) is 16.9 Å². The van der Waals surface area contributed by atoms with Crippen molar-refractivity contribution in [2.45, 2.75) is 51.2 Å². The normalized spacial score (nSPS) is 19.2. The van der Waals surface area contributed by atoms with Gasteiger partial charge >= 0.3 is 0 Å². The lowest BCUT2D eigenvalue weighted by molar-refractivity contribution is -0.0295. The molecule has 0 bridgehead atoms. The van der Waals surface area contributed by atoms with Gasteiger partial charge < -0.3 is 9.47 Å². The zero-order valence-corrected chi connectivity index (χ0v) is 17.1. The summed E-state index contributed by atoms with van der Waals surface area (Å²) in [4.78, 5) is 19.7. The predicted molar refractivity (Wildman–Crippen MR) is 109 cm³/mol. The second-order valence-electron chi connectivity index (χ2n) is 8.84. The maximum atomic E-state index is 13.0. The van der Waals surface area contributed by atoms with Crippen LogP contribution in [0.5, 0.6) is 11.6 Å². The van der Waals surface area contributed by atoms with Crippen LogP contribution >= 0.6 is 0 Å². The topological polar surface area (TPSA) is 51.7 Å². The average Bonchev–Trinajstić information content (AvgIpc) is 2.67. The molecular weight excluding hydrogens is 352 g/mol. The summed E-state index contributed by atoms with van der Waals surface area (Å²) in [5.74, 6) is 1.46. The molecule has 4 rings (SSSR count). The first kappa shape index (κ1) is 18.9. The molecule has 2 aliphatic heterocycles. The van der Waals surface area contributed by atoms with Gasteiger partial charge in [0.2, 0.25) is 5.88 Å². The number of rotatable bonds is 2. The lowest BCUT2D eigenvalue weighted by Crippen LogP contribution is -2.55. The molecule has 1 spiro atoms. The Bertz CT molecular complexity index is 876. The minimum atomic E-state index is -0.352. The number of methoxy groups -OCH3 is 1. The zero-order valence-electron chi connectivity index (χ0n) is 17.1. The van der Waals surface area contributed by atoms with Gasteiger partial charge in [0.05, 0.1) is 19.1 Å². The van der Waals surface area contributed by atoms with E-state index in [0.717, 1.165) is 37.1 Å². The predicted octanol–water partition coefficient (Wildman–Crippen LogP) is 4.36. The number of carbonyl (C=O) groups excluding carboxylic acids is 1. The van der Waals surface area contributed by atoms with Crippen molar-refractivity contribution in [1.29, 1.82) is 0 Å². The van der Waals surface area contributed by atoms with Crippen LogP contribution in [0.25, 0.3) is 11.1 Å². The molecule has 0 saturated carbocycles. The van der Waals surface area contributed by atoms with Crippen molar-refractivity contribution in [1.82, 2.24) is 9.88 Å². The first-order valence-corrected chi connectivity index (χ1v) is 9.91. The molecule has 0 radical (unpaired) electrons. The number of hydrogen-bond donors (Lipinski definition) is 0. The van der Waals surface area contributed by atoms with E-state index in [1.807, 2.05) is 30.3 Å². The molecule has 5 nitrogen and oxygen atoms in total. The van der Waals surface area contributed by atoms with Gasteiger partial charge in [-0.25, -0.2) is 4.98 Å². The third-order valence-electron chi connectivity index (χ3n) is 5.99. The van der Waals surface area contributed by atoms with Crippen molar-refractivity contribution in [3.8, 4) is 22.8 Å². The summed E-state index contributed by atoms with van der Waals surface area (Å²) in [7, 11) is 1.60. The summed E-state index contributed by atoms with van der Waals surface area (Å²) in [5.41, 5.74) is 2.39. The van der Waals surface area contributed by atoms with Crippen LogP contribution in [0.4, 0.5) is 0 Å². The number of pyridine rings is 1. The van der Waals surface area contributed by atoms with Crippen molar-refractivity contribution >= 4 is 5.78 Å². The Morgan fingerprint density at radius 2 is 1.82 bits per heavy atom. The Balaban J connectivity index is 1.56. The fourth-order valence-electron chi connectivity index (χ4n) is 4.21. The van der Waals surface area contributed by atoms with Gasteiger partial charge in [0.15, 0.2) is 5.78 Å². The Morgan fingerprint density at radius 3 is 2.43 bits per heavy atom. The largest absolute Gasteiger partial charge is 0.486 e. The van der Waals surface area contributed by atoms with Gasteiger partial charge in [-0.3, -0.25) is 9.69 Å². The van der Waals surface area contributed by atoms with E-state index in [0.29, 0.717) is 23.6 Å². The number of carbonyl (C=O) groups is 1. The number of fused-ring (bicyclic) bond motifs is 1. The van der Waals surface area contributed by atoms with Crippen LogP contribution in [-0.2, 0) is 0 Å². The molecule has 1 saturated heterocycles. The molecule has 1 fully saturated rings. The van der Waals surface area contributed by atoms with E-state index >= 15 is 0 Å².